The number of likely N-dealkylation sites (N-methyl/N-ethyl adjacent to an activating group) is 1. The van der Waals surface area contributed by atoms with Gasteiger partial charge in [0.15, 0.2) is 0 Å². The molecule has 0 aromatic heterocycles. The number of benzene rings is 1. The molecule has 0 bridgehead atoms. The van der Waals surface area contributed by atoms with Crippen LogP contribution in [-0.4, -0.2) is 19.7 Å². The molecular weight excluding hydrogens is 188 g/mol. The summed E-state index contributed by atoms with van der Waals surface area (Å²) in [6.07, 6.45) is 0.127. The lowest BCUT2D eigenvalue weighted by atomic mass is 10.1. The maximum absolute atomic E-state index is 8.72. The first-order chi connectivity index (χ1) is 7.17. The lowest BCUT2D eigenvalue weighted by Gasteiger charge is -2.15. The lowest BCUT2D eigenvalue weighted by molar-refractivity contribution is 0.219. The molecule has 3 heteroatoms. The normalized spacial score (nSPS) is 11.9. The maximum Gasteiger partial charge on any atom is 0.122 e. The van der Waals surface area contributed by atoms with Crippen LogP contribution in [0.2, 0.25) is 0 Å². The van der Waals surface area contributed by atoms with Crippen LogP contribution in [0.1, 0.15) is 18.1 Å². The molecule has 0 heterocycles. The fourth-order valence-corrected chi connectivity index (χ4v) is 1.40. The van der Waals surface area contributed by atoms with E-state index in [1.165, 1.54) is 0 Å². The molecule has 0 fully saturated rings. The van der Waals surface area contributed by atoms with Gasteiger partial charge in [0.2, 0.25) is 0 Å². The van der Waals surface area contributed by atoms with Gasteiger partial charge in [0.05, 0.1) is 11.6 Å². The second-order valence-electron chi connectivity index (χ2n) is 3.58. The first kappa shape index (κ1) is 11.5. The van der Waals surface area contributed by atoms with Crippen molar-refractivity contribution in [2.75, 3.05) is 13.6 Å². The Morgan fingerprint density at radius 2 is 2.27 bits per heavy atom. The van der Waals surface area contributed by atoms with Crippen molar-refractivity contribution in [1.82, 2.24) is 5.32 Å². The zero-order valence-electron chi connectivity index (χ0n) is 9.37. The first-order valence-electron chi connectivity index (χ1n) is 4.99. The topological polar surface area (TPSA) is 45.0 Å². The van der Waals surface area contributed by atoms with Gasteiger partial charge < -0.3 is 10.1 Å². The molecule has 15 heavy (non-hydrogen) atoms. The van der Waals surface area contributed by atoms with Gasteiger partial charge in [0.25, 0.3) is 0 Å². The molecule has 1 atom stereocenters. The van der Waals surface area contributed by atoms with Crippen molar-refractivity contribution in [2.24, 2.45) is 0 Å². The number of nitrogens with one attached hydrogen (secondary N) is 1. The molecule has 3 nitrogen and oxygen atoms in total. The van der Waals surface area contributed by atoms with Gasteiger partial charge in [-0.05, 0) is 44.7 Å². The molecule has 1 unspecified atom stereocenters. The summed E-state index contributed by atoms with van der Waals surface area (Å²) >= 11 is 0. The number of rotatable bonds is 4. The van der Waals surface area contributed by atoms with E-state index >= 15 is 0 Å². The summed E-state index contributed by atoms with van der Waals surface area (Å²) < 4.78 is 5.71. The van der Waals surface area contributed by atoms with E-state index in [2.05, 4.69) is 11.4 Å². The molecule has 1 aromatic rings. The number of nitriles is 1. The maximum atomic E-state index is 8.72. The van der Waals surface area contributed by atoms with E-state index in [-0.39, 0.29) is 6.10 Å². The van der Waals surface area contributed by atoms with Crippen LogP contribution in [0.25, 0.3) is 0 Å². The fourth-order valence-electron chi connectivity index (χ4n) is 1.40. The number of aryl methyl sites for hydroxylation is 1. The summed E-state index contributed by atoms with van der Waals surface area (Å²) in [5.74, 6) is 0.844. The van der Waals surface area contributed by atoms with Gasteiger partial charge in [-0.15, -0.1) is 0 Å². The summed E-state index contributed by atoms with van der Waals surface area (Å²) in [5.41, 5.74) is 1.66. The summed E-state index contributed by atoms with van der Waals surface area (Å²) in [6, 6.07) is 7.56. The molecule has 0 radical (unpaired) electrons. The largest absolute Gasteiger partial charge is 0.489 e. The SMILES string of the molecule is CNCC(C)Oc1ccc(C#N)cc1C. The standard InChI is InChI=1S/C12H16N2O/c1-9-6-11(7-13)4-5-12(9)15-10(2)8-14-3/h4-6,10,14H,8H2,1-3H3. The molecule has 1 aromatic carbocycles. The quantitative estimate of drug-likeness (QED) is 0.814. The highest BCUT2D eigenvalue weighted by Gasteiger charge is 2.05. The van der Waals surface area contributed by atoms with Crippen molar-refractivity contribution < 1.29 is 4.74 Å². The van der Waals surface area contributed by atoms with Crippen LogP contribution in [0, 0.1) is 18.3 Å². The van der Waals surface area contributed by atoms with E-state index in [4.69, 9.17) is 10.00 Å². The second-order valence-corrected chi connectivity index (χ2v) is 3.58. The number of ether oxygens (including phenoxy) is 1. The highest BCUT2D eigenvalue weighted by atomic mass is 16.5. The van der Waals surface area contributed by atoms with Gasteiger partial charge in [-0.3, -0.25) is 0 Å². The number of nitrogens with zero attached hydrogens (tertiary/aromatic N) is 1. The molecule has 0 aliphatic heterocycles. The minimum absolute atomic E-state index is 0.127. The van der Waals surface area contributed by atoms with Crippen LogP contribution in [0.3, 0.4) is 0 Å². The van der Waals surface area contributed by atoms with E-state index < -0.39 is 0 Å². The molecular formula is C12H16N2O. The van der Waals surface area contributed by atoms with E-state index in [1.807, 2.05) is 33.0 Å². The van der Waals surface area contributed by atoms with Gasteiger partial charge in [-0.25, -0.2) is 0 Å². The summed E-state index contributed by atoms with van der Waals surface area (Å²) in [7, 11) is 1.89. The van der Waals surface area contributed by atoms with Crippen LogP contribution in [0.5, 0.6) is 5.75 Å². The third kappa shape index (κ3) is 3.26. The predicted octanol–water partition coefficient (Wildman–Crippen LogP) is 1.85. The molecule has 0 amide bonds. The molecule has 80 valence electrons. The summed E-state index contributed by atoms with van der Waals surface area (Å²) in [6.45, 7) is 4.76. The molecule has 1 rings (SSSR count). The van der Waals surface area contributed by atoms with Crippen molar-refractivity contribution in [3.63, 3.8) is 0 Å². The first-order valence-corrected chi connectivity index (χ1v) is 4.99. The lowest BCUT2D eigenvalue weighted by Crippen LogP contribution is -2.26. The smallest absolute Gasteiger partial charge is 0.122 e. The monoisotopic (exact) mass is 204 g/mol. The van der Waals surface area contributed by atoms with E-state index in [0.29, 0.717) is 5.56 Å². The second kappa shape index (κ2) is 5.38. The Morgan fingerprint density at radius 3 is 2.80 bits per heavy atom. The van der Waals surface area contributed by atoms with Crippen molar-refractivity contribution in [1.29, 1.82) is 5.26 Å². The molecule has 0 saturated carbocycles. The third-order valence-corrected chi connectivity index (χ3v) is 2.12. The highest BCUT2D eigenvalue weighted by molar-refractivity contribution is 5.41. The highest BCUT2D eigenvalue weighted by Crippen LogP contribution is 2.19. The summed E-state index contributed by atoms with van der Waals surface area (Å²) in [4.78, 5) is 0. The van der Waals surface area contributed by atoms with E-state index in [0.717, 1.165) is 17.9 Å². The average Bonchev–Trinajstić information content (AvgIpc) is 2.21. The van der Waals surface area contributed by atoms with Gasteiger partial charge in [-0.2, -0.15) is 5.26 Å². The minimum Gasteiger partial charge on any atom is -0.489 e. The Morgan fingerprint density at radius 1 is 1.53 bits per heavy atom. The van der Waals surface area contributed by atoms with Crippen molar-refractivity contribution in [2.45, 2.75) is 20.0 Å². The third-order valence-electron chi connectivity index (χ3n) is 2.12. The van der Waals surface area contributed by atoms with Crippen LogP contribution in [0.4, 0.5) is 0 Å². The Bertz CT molecular complexity index is 368. The predicted molar refractivity (Wildman–Crippen MR) is 59.9 cm³/mol. The summed E-state index contributed by atoms with van der Waals surface area (Å²) in [5, 5.41) is 11.8. The molecule has 0 aliphatic carbocycles. The van der Waals surface area contributed by atoms with Crippen molar-refractivity contribution in [3.05, 3.63) is 29.3 Å². The van der Waals surface area contributed by atoms with Gasteiger partial charge in [0.1, 0.15) is 11.9 Å². The van der Waals surface area contributed by atoms with E-state index in [1.54, 1.807) is 6.07 Å². The van der Waals surface area contributed by atoms with Gasteiger partial charge in [-0.1, -0.05) is 0 Å². The molecule has 0 saturated heterocycles. The Hall–Kier alpha value is -1.53. The zero-order valence-corrected chi connectivity index (χ0v) is 9.37. The minimum atomic E-state index is 0.127. The Labute approximate surface area is 90.7 Å². The van der Waals surface area contributed by atoms with Gasteiger partial charge in [0, 0.05) is 6.54 Å². The van der Waals surface area contributed by atoms with E-state index in [9.17, 15) is 0 Å². The van der Waals surface area contributed by atoms with Crippen LogP contribution < -0.4 is 10.1 Å². The van der Waals surface area contributed by atoms with Crippen LogP contribution in [-0.2, 0) is 0 Å². The Kier molecular flexibility index (Phi) is 4.14. The molecule has 0 aliphatic rings. The van der Waals surface area contributed by atoms with Crippen molar-refractivity contribution in [3.8, 4) is 11.8 Å². The number of hydrogen-bond donors (Lipinski definition) is 1. The Balaban J connectivity index is 2.74. The van der Waals surface area contributed by atoms with Crippen molar-refractivity contribution >= 4 is 0 Å². The van der Waals surface area contributed by atoms with Gasteiger partial charge >= 0.3 is 0 Å². The van der Waals surface area contributed by atoms with Crippen LogP contribution >= 0.6 is 0 Å². The molecule has 0 spiro atoms. The zero-order chi connectivity index (χ0) is 11.3. The molecule has 1 N–H and O–H groups in total. The number of hydrogen-bond acceptors (Lipinski definition) is 3. The average molecular weight is 204 g/mol. The fraction of sp³-hybridized carbons (Fsp3) is 0.417. The van der Waals surface area contributed by atoms with Crippen LogP contribution in [0.15, 0.2) is 18.2 Å².